The molecule has 9 heteroatoms. The molecular weight excluding hydrogens is 471 g/mol. The average Bonchev–Trinajstić information content (AvgIpc) is 2.76. The zero-order valence-electron chi connectivity index (χ0n) is 20.2. The van der Waals surface area contributed by atoms with Gasteiger partial charge in [0.25, 0.3) is 0 Å². The molecule has 182 valence electrons. The molecule has 1 aromatic rings. The van der Waals surface area contributed by atoms with Gasteiger partial charge in [-0.3, -0.25) is 0 Å². The average molecular weight is 509 g/mol. The normalized spacial score (nSPS) is 11.0. The Labute approximate surface area is 241 Å². The Bertz CT molecular complexity index is 781. The summed E-state index contributed by atoms with van der Waals surface area (Å²) < 4.78 is 42.1. The fourth-order valence-corrected chi connectivity index (χ4v) is 3.80. The van der Waals surface area contributed by atoms with E-state index in [-0.39, 0.29) is 75.5 Å². The van der Waals surface area contributed by atoms with Gasteiger partial charge in [-0.2, -0.15) is 0 Å². The summed E-state index contributed by atoms with van der Waals surface area (Å²) in [6, 6.07) is 6.16. The Morgan fingerprint density at radius 2 is 1.12 bits per heavy atom. The van der Waals surface area contributed by atoms with Crippen LogP contribution in [0.1, 0.15) is 105 Å². The molecule has 0 N–H and O–H groups in total. The number of carbonyl (C=O) groups is 2. The van der Waals surface area contributed by atoms with Gasteiger partial charge in [-0.15, -0.1) is 0 Å². The summed E-state index contributed by atoms with van der Waals surface area (Å²) in [5, 5.41) is 0. The number of ether oxygens (including phenoxy) is 2. The number of esters is 2. The van der Waals surface area contributed by atoms with E-state index in [4.69, 9.17) is 9.47 Å². The van der Waals surface area contributed by atoms with E-state index in [9.17, 15) is 22.6 Å². The maximum absolute atomic E-state index is 12.4. The smallest absolute Gasteiger partial charge is 0.748 e. The first-order valence-electron chi connectivity index (χ1n) is 11.7. The van der Waals surface area contributed by atoms with Crippen LogP contribution in [0.5, 0.6) is 0 Å². The van der Waals surface area contributed by atoms with E-state index >= 15 is 0 Å². The SMILES string of the molecule is CCCCCCCCCCCCCOC(=O)c1ccccc1C(=O)OCCCS(=O)(=O)[O-].[K+]. The second kappa shape index (κ2) is 20.0. The fourth-order valence-electron chi connectivity index (χ4n) is 3.33. The Kier molecular flexibility index (Phi) is 19.8. The monoisotopic (exact) mass is 508 g/mol. The molecule has 0 bridgehead atoms. The zero-order valence-corrected chi connectivity index (χ0v) is 24.1. The maximum Gasteiger partial charge on any atom is 1.00 e. The van der Waals surface area contributed by atoms with Gasteiger partial charge in [0, 0.05) is 5.75 Å². The molecule has 33 heavy (non-hydrogen) atoms. The van der Waals surface area contributed by atoms with Gasteiger partial charge in [0.15, 0.2) is 0 Å². The van der Waals surface area contributed by atoms with Crippen molar-refractivity contribution < 1.29 is 83.4 Å². The van der Waals surface area contributed by atoms with E-state index in [0.717, 1.165) is 19.3 Å². The number of rotatable bonds is 18. The summed E-state index contributed by atoms with van der Waals surface area (Å²) in [4.78, 5) is 24.6. The van der Waals surface area contributed by atoms with Gasteiger partial charge in [-0.1, -0.05) is 83.3 Å². The Morgan fingerprint density at radius 3 is 1.55 bits per heavy atom. The molecule has 0 saturated carbocycles. The predicted octanol–water partition coefficient (Wildman–Crippen LogP) is 2.25. The van der Waals surface area contributed by atoms with Crippen LogP contribution in [0.4, 0.5) is 0 Å². The van der Waals surface area contributed by atoms with Crippen molar-refractivity contribution in [3.63, 3.8) is 0 Å². The van der Waals surface area contributed by atoms with E-state index in [1.165, 1.54) is 63.5 Å². The third-order valence-electron chi connectivity index (χ3n) is 5.12. The number of hydrogen-bond acceptors (Lipinski definition) is 7. The first-order chi connectivity index (χ1) is 15.3. The molecule has 0 amide bonds. The minimum atomic E-state index is -4.35. The van der Waals surface area contributed by atoms with Gasteiger partial charge >= 0.3 is 63.3 Å². The van der Waals surface area contributed by atoms with Gasteiger partial charge in [0.05, 0.1) is 34.5 Å². The summed E-state index contributed by atoms with van der Waals surface area (Å²) in [5.41, 5.74) is 0.165. The molecule has 1 rings (SSSR count). The standard InChI is InChI=1S/C24H38O7S.K/c1-2-3-4-5-6-7-8-9-10-11-14-18-30-23(25)21-16-12-13-17-22(21)24(26)31-19-15-20-32(27,28)29;/h12-13,16-17H,2-11,14-15,18-20H2,1H3,(H,27,28,29);/q;+1/p-1. The summed E-state index contributed by atoms with van der Waals surface area (Å²) >= 11 is 0. The van der Waals surface area contributed by atoms with Crippen LogP contribution in [0.2, 0.25) is 0 Å². The first-order valence-corrected chi connectivity index (χ1v) is 13.3. The van der Waals surface area contributed by atoms with Crippen LogP contribution in [0, 0.1) is 0 Å². The van der Waals surface area contributed by atoms with Crippen molar-refractivity contribution in [1.29, 1.82) is 0 Å². The molecule has 0 unspecified atom stereocenters. The fraction of sp³-hybridized carbons (Fsp3) is 0.667. The van der Waals surface area contributed by atoms with E-state index < -0.39 is 27.8 Å². The zero-order chi connectivity index (χ0) is 23.7. The number of hydrogen-bond donors (Lipinski definition) is 0. The molecule has 0 spiro atoms. The number of carbonyl (C=O) groups excluding carboxylic acids is 2. The molecule has 0 radical (unpaired) electrons. The Hall–Kier alpha value is -0.294. The van der Waals surface area contributed by atoms with Crippen LogP contribution in [-0.2, 0) is 19.6 Å². The molecule has 0 aliphatic carbocycles. The van der Waals surface area contributed by atoms with Crippen molar-refractivity contribution in [2.75, 3.05) is 19.0 Å². The molecule has 0 aliphatic heterocycles. The Balaban J connectivity index is 0.0000102. The van der Waals surface area contributed by atoms with Gasteiger partial charge in [0.1, 0.15) is 0 Å². The summed E-state index contributed by atoms with van der Waals surface area (Å²) in [6.45, 7) is 2.30. The second-order valence-electron chi connectivity index (χ2n) is 7.97. The molecule has 0 heterocycles. The van der Waals surface area contributed by atoms with Crippen molar-refractivity contribution in [2.45, 2.75) is 84.0 Å². The molecule has 0 aromatic heterocycles. The number of unbranched alkanes of at least 4 members (excludes halogenated alkanes) is 10. The summed E-state index contributed by atoms with van der Waals surface area (Å²) in [7, 11) is -4.35. The minimum Gasteiger partial charge on any atom is -0.748 e. The minimum absolute atomic E-state index is 0. The molecule has 0 fully saturated rings. The quantitative estimate of drug-likeness (QED) is 0.129. The molecule has 0 atom stereocenters. The molecule has 7 nitrogen and oxygen atoms in total. The van der Waals surface area contributed by atoms with Gasteiger partial charge < -0.3 is 14.0 Å². The van der Waals surface area contributed by atoms with E-state index in [1.807, 2.05) is 0 Å². The van der Waals surface area contributed by atoms with Crippen molar-refractivity contribution in [3.05, 3.63) is 35.4 Å². The maximum atomic E-state index is 12.4. The third kappa shape index (κ3) is 16.9. The third-order valence-corrected chi connectivity index (χ3v) is 5.91. The first kappa shape index (κ1) is 32.7. The largest absolute Gasteiger partial charge is 1.00 e. The molecular formula is C24H37KO7S. The van der Waals surface area contributed by atoms with Crippen LogP contribution in [0.25, 0.3) is 0 Å². The summed E-state index contributed by atoms with van der Waals surface area (Å²) in [5.74, 6) is -1.95. The second-order valence-corrected chi connectivity index (χ2v) is 9.49. The van der Waals surface area contributed by atoms with Crippen molar-refractivity contribution in [3.8, 4) is 0 Å². The van der Waals surface area contributed by atoms with Crippen LogP contribution in [0.15, 0.2) is 24.3 Å². The van der Waals surface area contributed by atoms with E-state index in [1.54, 1.807) is 12.1 Å². The van der Waals surface area contributed by atoms with E-state index in [2.05, 4.69) is 6.92 Å². The topological polar surface area (TPSA) is 110 Å². The van der Waals surface area contributed by atoms with Gasteiger partial charge in [-0.05, 0) is 25.0 Å². The van der Waals surface area contributed by atoms with Crippen LogP contribution in [0.3, 0.4) is 0 Å². The molecule has 1 aromatic carbocycles. The molecule has 0 saturated heterocycles. The van der Waals surface area contributed by atoms with Crippen LogP contribution >= 0.6 is 0 Å². The van der Waals surface area contributed by atoms with Gasteiger partial charge in [-0.25, -0.2) is 18.0 Å². The Morgan fingerprint density at radius 1 is 0.727 bits per heavy atom. The van der Waals surface area contributed by atoms with Crippen molar-refractivity contribution in [2.24, 2.45) is 0 Å². The van der Waals surface area contributed by atoms with Crippen molar-refractivity contribution in [1.82, 2.24) is 0 Å². The summed E-state index contributed by atoms with van der Waals surface area (Å²) in [6.07, 6.45) is 13.1. The van der Waals surface area contributed by atoms with E-state index in [0.29, 0.717) is 6.61 Å². The van der Waals surface area contributed by atoms with Crippen LogP contribution < -0.4 is 51.4 Å². The molecule has 0 aliphatic rings. The predicted molar refractivity (Wildman–Crippen MR) is 123 cm³/mol. The number of benzene rings is 1. The van der Waals surface area contributed by atoms with Crippen molar-refractivity contribution >= 4 is 22.1 Å². The van der Waals surface area contributed by atoms with Crippen LogP contribution in [-0.4, -0.2) is 43.9 Å². The van der Waals surface area contributed by atoms with Gasteiger partial charge in [0.2, 0.25) is 0 Å².